The monoisotopic (exact) mass is 254 g/mol. The number of hydrogen-bond acceptors (Lipinski definition) is 6. The Morgan fingerprint density at radius 3 is 2.83 bits per heavy atom. The molecule has 0 atom stereocenters. The van der Waals surface area contributed by atoms with Crippen molar-refractivity contribution in [3.05, 3.63) is 17.5 Å². The fraction of sp³-hybridized carbons (Fsp3) is 0.545. The molecule has 1 aromatic rings. The zero-order valence-corrected chi connectivity index (χ0v) is 10.6. The van der Waals surface area contributed by atoms with E-state index in [0.29, 0.717) is 18.8 Å². The van der Waals surface area contributed by atoms with Crippen LogP contribution in [0, 0.1) is 6.92 Å². The molecule has 18 heavy (non-hydrogen) atoms. The minimum atomic E-state index is -0.236. The molecular formula is C11H18N4O3. The van der Waals surface area contributed by atoms with Gasteiger partial charge >= 0.3 is 0 Å². The summed E-state index contributed by atoms with van der Waals surface area (Å²) in [6.45, 7) is 2.77. The number of nitrogens with zero attached hydrogens (tertiary/aromatic N) is 3. The number of amides is 1. The molecule has 1 amide bonds. The topological polar surface area (TPSA) is 102 Å². The highest BCUT2D eigenvalue weighted by molar-refractivity contribution is 5.92. The zero-order valence-electron chi connectivity index (χ0n) is 10.6. The fourth-order valence-electron chi connectivity index (χ4n) is 1.37. The summed E-state index contributed by atoms with van der Waals surface area (Å²) in [4.78, 5) is 21.3. The van der Waals surface area contributed by atoms with E-state index < -0.39 is 0 Å². The molecule has 3 N–H and O–H groups in total. The Bertz CT molecular complexity index is 391. The summed E-state index contributed by atoms with van der Waals surface area (Å²) in [6.07, 6.45) is 0. The molecular weight excluding hydrogens is 236 g/mol. The lowest BCUT2D eigenvalue weighted by Crippen LogP contribution is -2.31. The Hall–Kier alpha value is -1.73. The van der Waals surface area contributed by atoms with Crippen LogP contribution in [0.1, 0.15) is 16.2 Å². The molecule has 0 spiro atoms. The average molecular weight is 254 g/mol. The molecule has 0 aliphatic carbocycles. The lowest BCUT2D eigenvalue weighted by molar-refractivity contribution is 0.0614. The first-order valence-corrected chi connectivity index (χ1v) is 5.60. The Morgan fingerprint density at radius 2 is 2.22 bits per heavy atom. The quantitative estimate of drug-likeness (QED) is 0.660. The van der Waals surface area contributed by atoms with Gasteiger partial charge in [0.05, 0.1) is 19.8 Å². The molecule has 0 saturated carbocycles. The third kappa shape index (κ3) is 4.27. The van der Waals surface area contributed by atoms with Crippen molar-refractivity contribution in [1.82, 2.24) is 14.9 Å². The molecule has 0 aromatic carbocycles. The molecule has 0 saturated heterocycles. The van der Waals surface area contributed by atoms with Crippen molar-refractivity contribution in [2.24, 2.45) is 0 Å². The van der Waals surface area contributed by atoms with Gasteiger partial charge in [0.1, 0.15) is 5.69 Å². The van der Waals surface area contributed by atoms with Gasteiger partial charge < -0.3 is 20.5 Å². The maximum Gasteiger partial charge on any atom is 0.272 e. The van der Waals surface area contributed by atoms with Crippen LogP contribution in [0.2, 0.25) is 0 Å². The number of ether oxygens (including phenoxy) is 1. The Kier molecular flexibility index (Phi) is 5.47. The van der Waals surface area contributed by atoms with Gasteiger partial charge in [-0.3, -0.25) is 4.79 Å². The van der Waals surface area contributed by atoms with Crippen LogP contribution in [-0.2, 0) is 4.74 Å². The van der Waals surface area contributed by atoms with Crippen LogP contribution in [-0.4, -0.2) is 59.3 Å². The van der Waals surface area contributed by atoms with Crippen LogP contribution < -0.4 is 5.73 Å². The second-order valence-electron chi connectivity index (χ2n) is 3.82. The highest BCUT2D eigenvalue weighted by atomic mass is 16.5. The number of carbonyl (C=O) groups excluding carboxylic acids is 1. The van der Waals surface area contributed by atoms with Gasteiger partial charge in [-0.25, -0.2) is 9.97 Å². The number of nitrogen functional groups attached to an aromatic ring is 1. The standard InChI is InChI=1S/C11H18N4O3/c1-8-7-9(14-11(12)13-8)10(17)15(2)3-5-18-6-4-16/h7,16H,3-6H2,1-2H3,(H2,12,13,14). The van der Waals surface area contributed by atoms with Gasteiger partial charge in [0.15, 0.2) is 0 Å². The third-order valence-corrected chi connectivity index (χ3v) is 2.24. The fourth-order valence-corrected chi connectivity index (χ4v) is 1.37. The van der Waals surface area contributed by atoms with E-state index in [1.54, 1.807) is 20.0 Å². The number of aliphatic hydroxyl groups is 1. The Morgan fingerprint density at radius 1 is 1.50 bits per heavy atom. The third-order valence-electron chi connectivity index (χ3n) is 2.24. The molecule has 0 aliphatic heterocycles. The van der Waals surface area contributed by atoms with Gasteiger partial charge in [-0.15, -0.1) is 0 Å². The number of rotatable bonds is 6. The number of likely N-dealkylation sites (N-methyl/N-ethyl adjacent to an activating group) is 1. The van der Waals surface area contributed by atoms with Crippen LogP contribution in [0.3, 0.4) is 0 Å². The predicted molar refractivity (Wildman–Crippen MR) is 66.0 cm³/mol. The summed E-state index contributed by atoms with van der Waals surface area (Å²) < 4.78 is 5.09. The number of aromatic nitrogens is 2. The molecule has 0 bridgehead atoms. The molecule has 1 aromatic heterocycles. The number of nitrogens with two attached hydrogens (primary N) is 1. The molecule has 1 heterocycles. The zero-order chi connectivity index (χ0) is 13.5. The first-order valence-electron chi connectivity index (χ1n) is 5.60. The number of hydrogen-bond donors (Lipinski definition) is 2. The SMILES string of the molecule is Cc1cc(C(=O)N(C)CCOCCO)nc(N)n1. The molecule has 0 aliphatic rings. The lowest BCUT2D eigenvalue weighted by Gasteiger charge is -2.16. The summed E-state index contributed by atoms with van der Waals surface area (Å²) in [7, 11) is 1.65. The van der Waals surface area contributed by atoms with Gasteiger partial charge in [-0.05, 0) is 13.0 Å². The van der Waals surface area contributed by atoms with Crippen LogP contribution in [0.25, 0.3) is 0 Å². The van der Waals surface area contributed by atoms with Crippen LogP contribution in [0.5, 0.6) is 0 Å². The largest absolute Gasteiger partial charge is 0.394 e. The smallest absolute Gasteiger partial charge is 0.272 e. The Balaban J connectivity index is 2.57. The summed E-state index contributed by atoms with van der Waals surface area (Å²) >= 11 is 0. The first kappa shape index (κ1) is 14.3. The number of aryl methyl sites for hydroxylation is 1. The second kappa shape index (κ2) is 6.87. The normalized spacial score (nSPS) is 10.4. The summed E-state index contributed by atoms with van der Waals surface area (Å²) in [5, 5.41) is 8.54. The van der Waals surface area contributed by atoms with Crippen LogP contribution in [0.15, 0.2) is 6.07 Å². The van der Waals surface area contributed by atoms with Crippen molar-refractivity contribution in [2.75, 3.05) is 39.1 Å². The van der Waals surface area contributed by atoms with Gasteiger partial charge in [-0.2, -0.15) is 0 Å². The highest BCUT2D eigenvalue weighted by Crippen LogP contribution is 2.04. The van der Waals surface area contributed by atoms with E-state index in [1.165, 1.54) is 4.90 Å². The molecule has 7 heteroatoms. The first-order chi connectivity index (χ1) is 8.54. The van der Waals surface area contributed by atoms with E-state index in [-0.39, 0.29) is 30.8 Å². The molecule has 100 valence electrons. The highest BCUT2D eigenvalue weighted by Gasteiger charge is 2.14. The van der Waals surface area contributed by atoms with E-state index in [9.17, 15) is 4.79 Å². The lowest BCUT2D eigenvalue weighted by atomic mass is 10.3. The minimum absolute atomic E-state index is 0.0285. The maximum absolute atomic E-state index is 12.0. The summed E-state index contributed by atoms with van der Waals surface area (Å²) in [5.41, 5.74) is 6.41. The number of aliphatic hydroxyl groups excluding tert-OH is 1. The van der Waals surface area contributed by atoms with Crippen molar-refractivity contribution in [3.8, 4) is 0 Å². The van der Waals surface area contributed by atoms with E-state index >= 15 is 0 Å². The number of anilines is 1. The van der Waals surface area contributed by atoms with E-state index in [0.717, 1.165) is 0 Å². The van der Waals surface area contributed by atoms with Crippen molar-refractivity contribution in [2.45, 2.75) is 6.92 Å². The van der Waals surface area contributed by atoms with Gasteiger partial charge in [0.25, 0.3) is 5.91 Å². The van der Waals surface area contributed by atoms with E-state index in [2.05, 4.69) is 9.97 Å². The molecule has 0 fully saturated rings. The van der Waals surface area contributed by atoms with Crippen molar-refractivity contribution >= 4 is 11.9 Å². The summed E-state index contributed by atoms with van der Waals surface area (Å²) in [6, 6.07) is 1.59. The van der Waals surface area contributed by atoms with Crippen LogP contribution in [0.4, 0.5) is 5.95 Å². The minimum Gasteiger partial charge on any atom is -0.394 e. The Labute approximate surface area is 106 Å². The van der Waals surface area contributed by atoms with Crippen molar-refractivity contribution in [3.63, 3.8) is 0 Å². The number of carbonyl (C=O) groups is 1. The molecule has 7 nitrogen and oxygen atoms in total. The maximum atomic E-state index is 12.0. The predicted octanol–water partition coefficient (Wildman–Crippen LogP) is -0.552. The summed E-state index contributed by atoms with van der Waals surface area (Å²) in [5.74, 6) is -0.150. The second-order valence-corrected chi connectivity index (χ2v) is 3.82. The van der Waals surface area contributed by atoms with Gasteiger partial charge in [-0.1, -0.05) is 0 Å². The molecule has 1 rings (SSSR count). The van der Waals surface area contributed by atoms with Gasteiger partial charge in [0, 0.05) is 19.3 Å². The van der Waals surface area contributed by atoms with E-state index in [4.69, 9.17) is 15.6 Å². The average Bonchev–Trinajstić information content (AvgIpc) is 2.32. The van der Waals surface area contributed by atoms with Crippen molar-refractivity contribution in [1.29, 1.82) is 0 Å². The van der Waals surface area contributed by atoms with Crippen LogP contribution >= 0.6 is 0 Å². The van der Waals surface area contributed by atoms with E-state index in [1.807, 2.05) is 0 Å². The molecule has 0 radical (unpaired) electrons. The van der Waals surface area contributed by atoms with Gasteiger partial charge in [0.2, 0.25) is 5.95 Å². The molecule has 0 unspecified atom stereocenters. The van der Waals surface area contributed by atoms with Crippen molar-refractivity contribution < 1.29 is 14.6 Å².